The van der Waals surface area contributed by atoms with Gasteiger partial charge in [-0.25, -0.2) is 12.8 Å². The number of benzene rings is 2. The van der Waals surface area contributed by atoms with Crippen LogP contribution in [0.25, 0.3) is 0 Å². The fourth-order valence-corrected chi connectivity index (χ4v) is 3.74. The standard InChI is InChI=1S/C19H19FN4O4S/c1-12-11-14(7-8-16(12)20)29(26,27)24-17-6-4-3-5-15(17)19(25)21-10-9-18-22-13(2)23-28-18/h3-8,11,24H,9-10H2,1-2H3,(H,21,25). The van der Waals surface area contributed by atoms with Gasteiger partial charge in [-0.15, -0.1) is 0 Å². The molecule has 3 aromatic rings. The van der Waals surface area contributed by atoms with E-state index in [1.165, 1.54) is 31.2 Å². The highest BCUT2D eigenvalue weighted by molar-refractivity contribution is 7.92. The number of carbonyl (C=O) groups is 1. The first-order chi connectivity index (χ1) is 13.8. The van der Waals surface area contributed by atoms with E-state index in [-0.39, 0.29) is 28.3 Å². The predicted octanol–water partition coefficient (Wildman–Crippen LogP) is 2.60. The molecule has 0 saturated heterocycles. The number of rotatable bonds is 7. The van der Waals surface area contributed by atoms with Crippen molar-refractivity contribution in [2.75, 3.05) is 11.3 Å². The minimum atomic E-state index is -4.00. The highest BCUT2D eigenvalue weighted by Gasteiger charge is 2.19. The second kappa shape index (κ2) is 8.39. The quantitative estimate of drug-likeness (QED) is 0.610. The Morgan fingerprint density at radius 1 is 1.17 bits per heavy atom. The number of sulfonamides is 1. The zero-order valence-corrected chi connectivity index (χ0v) is 16.6. The summed E-state index contributed by atoms with van der Waals surface area (Å²) >= 11 is 0. The van der Waals surface area contributed by atoms with E-state index in [1.54, 1.807) is 19.1 Å². The number of aromatic nitrogens is 2. The van der Waals surface area contributed by atoms with Gasteiger partial charge >= 0.3 is 0 Å². The first kappa shape index (κ1) is 20.5. The Morgan fingerprint density at radius 3 is 2.62 bits per heavy atom. The Kier molecular flexibility index (Phi) is 5.92. The summed E-state index contributed by atoms with van der Waals surface area (Å²) < 4.78 is 46.1. The average molecular weight is 418 g/mol. The summed E-state index contributed by atoms with van der Waals surface area (Å²) in [7, 11) is -4.00. The molecule has 0 spiro atoms. The van der Waals surface area contributed by atoms with Crippen LogP contribution in [-0.4, -0.2) is 31.0 Å². The van der Waals surface area contributed by atoms with Gasteiger partial charge in [-0.3, -0.25) is 9.52 Å². The molecule has 1 amide bonds. The second-order valence-corrected chi connectivity index (χ2v) is 7.99. The Bertz CT molecular complexity index is 1140. The van der Waals surface area contributed by atoms with Gasteiger partial charge in [0.1, 0.15) is 5.82 Å². The van der Waals surface area contributed by atoms with Crippen molar-refractivity contribution in [3.05, 3.63) is 71.1 Å². The fourth-order valence-electron chi connectivity index (χ4n) is 2.58. The van der Waals surface area contributed by atoms with Crippen LogP contribution in [0.1, 0.15) is 27.6 Å². The van der Waals surface area contributed by atoms with E-state index in [9.17, 15) is 17.6 Å². The highest BCUT2D eigenvalue weighted by atomic mass is 32.2. The summed E-state index contributed by atoms with van der Waals surface area (Å²) in [4.78, 5) is 16.5. The third-order valence-electron chi connectivity index (χ3n) is 4.05. The van der Waals surface area contributed by atoms with Gasteiger partial charge in [-0.05, 0) is 49.7 Å². The van der Waals surface area contributed by atoms with Crippen molar-refractivity contribution in [2.45, 2.75) is 25.2 Å². The molecule has 10 heteroatoms. The normalized spacial score (nSPS) is 11.3. The lowest BCUT2D eigenvalue weighted by Gasteiger charge is -2.13. The van der Waals surface area contributed by atoms with Gasteiger partial charge in [0.05, 0.1) is 16.1 Å². The van der Waals surface area contributed by atoms with Gasteiger partial charge in [-0.2, -0.15) is 4.98 Å². The number of anilines is 1. The highest BCUT2D eigenvalue weighted by Crippen LogP contribution is 2.21. The molecule has 1 aromatic heterocycles. The van der Waals surface area contributed by atoms with E-state index in [4.69, 9.17) is 4.52 Å². The number of para-hydroxylation sites is 1. The van der Waals surface area contributed by atoms with Crippen molar-refractivity contribution in [3.8, 4) is 0 Å². The van der Waals surface area contributed by atoms with Crippen molar-refractivity contribution < 1.29 is 22.1 Å². The van der Waals surface area contributed by atoms with Crippen LogP contribution < -0.4 is 10.0 Å². The molecule has 2 aromatic carbocycles. The zero-order chi connectivity index (χ0) is 21.0. The van der Waals surface area contributed by atoms with Crippen LogP contribution in [0.15, 0.2) is 51.9 Å². The van der Waals surface area contributed by atoms with Gasteiger partial charge in [0, 0.05) is 13.0 Å². The number of hydrogen-bond donors (Lipinski definition) is 2. The zero-order valence-electron chi connectivity index (χ0n) is 15.8. The lowest BCUT2D eigenvalue weighted by Crippen LogP contribution is -2.27. The van der Waals surface area contributed by atoms with E-state index in [0.717, 1.165) is 6.07 Å². The molecule has 2 N–H and O–H groups in total. The average Bonchev–Trinajstić information content (AvgIpc) is 3.09. The molecule has 8 nitrogen and oxygen atoms in total. The number of nitrogens with zero attached hydrogens (tertiary/aromatic N) is 2. The fraction of sp³-hybridized carbons (Fsp3) is 0.211. The summed E-state index contributed by atoms with van der Waals surface area (Å²) in [5, 5.41) is 6.36. The summed E-state index contributed by atoms with van der Waals surface area (Å²) in [6.45, 7) is 3.40. The van der Waals surface area contributed by atoms with Crippen LogP contribution in [0.2, 0.25) is 0 Å². The van der Waals surface area contributed by atoms with Crippen LogP contribution >= 0.6 is 0 Å². The summed E-state index contributed by atoms with van der Waals surface area (Å²) in [5.74, 6) is -0.0689. The Hall–Kier alpha value is -3.27. The Balaban J connectivity index is 1.73. The van der Waals surface area contributed by atoms with Crippen molar-refractivity contribution >= 4 is 21.6 Å². The molecule has 0 bridgehead atoms. The van der Waals surface area contributed by atoms with Gasteiger partial charge in [0.2, 0.25) is 5.89 Å². The monoisotopic (exact) mass is 418 g/mol. The van der Waals surface area contributed by atoms with E-state index in [1.807, 2.05) is 0 Å². The smallest absolute Gasteiger partial charge is 0.261 e. The Morgan fingerprint density at radius 2 is 1.93 bits per heavy atom. The number of halogens is 1. The minimum absolute atomic E-state index is 0.0987. The molecule has 0 aliphatic carbocycles. The van der Waals surface area contributed by atoms with Crippen LogP contribution in [0, 0.1) is 19.7 Å². The molecule has 0 atom stereocenters. The molecule has 0 fully saturated rings. The van der Waals surface area contributed by atoms with Crippen LogP contribution in [0.5, 0.6) is 0 Å². The molecule has 1 heterocycles. The number of amides is 1. The van der Waals surface area contributed by atoms with Gasteiger partial charge in [0.15, 0.2) is 5.82 Å². The maximum atomic E-state index is 13.4. The first-order valence-corrected chi connectivity index (χ1v) is 10.2. The molecule has 3 rings (SSSR count). The summed E-state index contributed by atoms with van der Waals surface area (Å²) in [6, 6.07) is 9.68. The molecule has 0 radical (unpaired) electrons. The molecule has 0 unspecified atom stereocenters. The number of aryl methyl sites for hydroxylation is 2. The maximum Gasteiger partial charge on any atom is 0.261 e. The van der Waals surface area contributed by atoms with Crippen molar-refractivity contribution in [1.82, 2.24) is 15.5 Å². The molecule has 0 aliphatic heterocycles. The maximum absolute atomic E-state index is 13.4. The SMILES string of the molecule is Cc1noc(CCNC(=O)c2ccccc2NS(=O)(=O)c2ccc(F)c(C)c2)n1. The van der Waals surface area contributed by atoms with Gasteiger partial charge < -0.3 is 9.84 Å². The molecule has 0 aliphatic rings. The summed E-state index contributed by atoms with van der Waals surface area (Å²) in [5.41, 5.74) is 0.465. The molecular weight excluding hydrogens is 399 g/mol. The lowest BCUT2D eigenvalue weighted by molar-refractivity contribution is 0.0954. The molecular formula is C19H19FN4O4S. The minimum Gasteiger partial charge on any atom is -0.351 e. The Labute approximate surface area is 167 Å². The van der Waals surface area contributed by atoms with E-state index >= 15 is 0 Å². The molecule has 152 valence electrons. The predicted molar refractivity (Wildman–Crippen MR) is 103 cm³/mol. The second-order valence-electron chi connectivity index (χ2n) is 6.30. The lowest BCUT2D eigenvalue weighted by atomic mass is 10.1. The topological polar surface area (TPSA) is 114 Å². The van der Waals surface area contributed by atoms with Crippen LogP contribution in [0.4, 0.5) is 10.1 Å². The number of nitrogens with one attached hydrogen (secondary N) is 2. The first-order valence-electron chi connectivity index (χ1n) is 8.71. The van der Waals surface area contributed by atoms with Gasteiger partial charge in [-0.1, -0.05) is 17.3 Å². The molecule has 0 saturated carbocycles. The van der Waals surface area contributed by atoms with E-state index in [0.29, 0.717) is 18.1 Å². The number of hydrogen-bond acceptors (Lipinski definition) is 6. The van der Waals surface area contributed by atoms with Crippen LogP contribution in [0.3, 0.4) is 0 Å². The third kappa shape index (κ3) is 4.96. The van der Waals surface area contributed by atoms with Crippen molar-refractivity contribution in [2.24, 2.45) is 0 Å². The van der Waals surface area contributed by atoms with Crippen molar-refractivity contribution in [3.63, 3.8) is 0 Å². The molecule has 29 heavy (non-hydrogen) atoms. The van der Waals surface area contributed by atoms with Crippen molar-refractivity contribution in [1.29, 1.82) is 0 Å². The van der Waals surface area contributed by atoms with Crippen LogP contribution in [-0.2, 0) is 16.4 Å². The van der Waals surface area contributed by atoms with E-state index < -0.39 is 21.7 Å². The van der Waals surface area contributed by atoms with Gasteiger partial charge in [0.25, 0.3) is 15.9 Å². The summed E-state index contributed by atoms with van der Waals surface area (Å²) in [6.07, 6.45) is 0.343. The number of carbonyl (C=O) groups excluding carboxylic acids is 1. The van der Waals surface area contributed by atoms with E-state index in [2.05, 4.69) is 20.2 Å². The third-order valence-corrected chi connectivity index (χ3v) is 5.41. The largest absolute Gasteiger partial charge is 0.351 e.